The van der Waals surface area contributed by atoms with Gasteiger partial charge in [-0.3, -0.25) is 0 Å². The molecule has 4 atom stereocenters. The molecule has 154 valence electrons. The molecule has 0 aromatic rings. The maximum atomic E-state index is 9.18. The quantitative estimate of drug-likeness (QED) is 0.256. The molecule has 0 radical (unpaired) electrons. The molecule has 0 aliphatic heterocycles. The first-order valence-electron chi connectivity index (χ1n) is 11.5. The minimum atomic E-state index is 0.0184. The Bertz CT molecular complexity index is 466. The largest absolute Gasteiger partial charge is 0.198 e. The lowest BCUT2D eigenvalue weighted by molar-refractivity contribution is 0.268. The number of hydrogen-bond donors (Lipinski definition) is 0. The minimum absolute atomic E-state index is 0.0184. The maximum Gasteiger partial charge on any atom is 0.0694 e. The Morgan fingerprint density at radius 3 is 1.89 bits per heavy atom. The van der Waals surface area contributed by atoms with Crippen molar-refractivity contribution in [2.45, 2.75) is 112 Å². The number of allylic oxidation sites excluding steroid dienone is 2. The highest BCUT2D eigenvalue weighted by Gasteiger charge is 2.21. The lowest BCUT2D eigenvalue weighted by Gasteiger charge is -2.27. The van der Waals surface area contributed by atoms with Crippen LogP contribution in [0.5, 0.6) is 0 Å². The number of hydrogen-bond acceptors (Lipinski definition) is 2. The monoisotopic (exact) mass is 372 g/mol. The molecule has 0 N–H and O–H groups in total. The molecule has 27 heavy (non-hydrogen) atoms. The Kier molecular flexibility index (Phi) is 16.1. The molecule has 0 fully saturated rings. The summed E-state index contributed by atoms with van der Waals surface area (Å²) < 4.78 is 0. The summed E-state index contributed by atoms with van der Waals surface area (Å²) in [7, 11) is 0. The summed E-state index contributed by atoms with van der Waals surface area (Å²) in [6.07, 6.45) is 16.3. The van der Waals surface area contributed by atoms with Crippen LogP contribution in [-0.2, 0) is 0 Å². The highest BCUT2D eigenvalue weighted by molar-refractivity contribution is 5.09. The molecular weight excluding hydrogens is 328 g/mol. The van der Waals surface area contributed by atoms with Gasteiger partial charge in [0.1, 0.15) is 0 Å². The summed E-state index contributed by atoms with van der Waals surface area (Å²) in [5.41, 5.74) is 1.49. The standard InChI is InChI=1S/C25H44N2/c1-6-10-22(14-15-26)17-24(12-8-3)19-25(13-9-4)18-23(11-7-2)16-21(5)20-27/h16,21-22,24-25H,6-14,17-19H2,1-5H3/b23-16+. The zero-order valence-corrected chi connectivity index (χ0v) is 18.8. The van der Waals surface area contributed by atoms with E-state index in [0.29, 0.717) is 12.3 Å². The first kappa shape index (κ1) is 25.7. The van der Waals surface area contributed by atoms with Gasteiger partial charge in [0.15, 0.2) is 0 Å². The molecule has 0 rings (SSSR count). The Morgan fingerprint density at radius 1 is 0.815 bits per heavy atom. The molecule has 2 heteroatoms. The summed E-state index contributed by atoms with van der Waals surface area (Å²) in [5, 5.41) is 18.4. The molecule has 0 aromatic carbocycles. The van der Waals surface area contributed by atoms with Gasteiger partial charge in [0, 0.05) is 6.42 Å². The van der Waals surface area contributed by atoms with Crippen LogP contribution in [-0.4, -0.2) is 0 Å². The first-order valence-corrected chi connectivity index (χ1v) is 11.5. The van der Waals surface area contributed by atoms with Gasteiger partial charge >= 0.3 is 0 Å². The van der Waals surface area contributed by atoms with E-state index in [0.717, 1.165) is 31.1 Å². The van der Waals surface area contributed by atoms with E-state index in [2.05, 4.69) is 45.9 Å². The van der Waals surface area contributed by atoms with Crippen LogP contribution in [0.1, 0.15) is 112 Å². The molecule has 0 amide bonds. The van der Waals surface area contributed by atoms with Crippen LogP contribution in [0.3, 0.4) is 0 Å². The molecule has 4 unspecified atom stereocenters. The van der Waals surface area contributed by atoms with Gasteiger partial charge in [-0.05, 0) is 56.8 Å². The van der Waals surface area contributed by atoms with Crippen LogP contribution < -0.4 is 0 Å². The second kappa shape index (κ2) is 16.9. The van der Waals surface area contributed by atoms with Crippen LogP contribution in [0.25, 0.3) is 0 Å². The number of rotatable bonds is 16. The Morgan fingerprint density at radius 2 is 1.37 bits per heavy atom. The van der Waals surface area contributed by atoms with Crippen molar-refractivity contribution in [3.05, 3.63) is 11.6 Å². The molecule has 0 spiro atoms. The second-order valence-electron chi connectivity index (χ2n) is 8.49. The third-order valence-corrected chi connectivity index (χ3v) is 5.62. The minimum Gasteiger partial charge on any atom is -0.198 e. The second-order valence-corrected chi connectivity index (χ2v) is 8.49. The molecule has 0 aliphatic carbocycles. The van der Waals surface area contributed by atoms with Crippen LogP contribution >= 0.6 is 0 Å². The highest BCUT2D eigenvalue weighted by atomic mass is 14.3. The van der Waals surface area contributed by atoms with Crippen LogP contribution in [0.15, 0.2) is 11.6 Å². The van der Waals surface area contributed by atoms with Crippen LogP contribution in [0.2, 0.25) is 0 Å². The summed E-state index contributed by atoms with van der Waals surface area (Å²) in [4.78, 5) is 0. The van der Waals surface area contributed by atoms with E-state index in [9.17, 15) is 10.5 Å². The normalized spacial score (nSPS) is 16.2. The van der Waals surface area contributed by atoms with Crippen molar-refractivity contribution in [3.8, 4) is 12.1 Å². The average molecular weight is 373 g/mol. The van der Waals surface area contributed by atoms with Gasteiger partial charge in [-0.2, -0.15) is 10.5 Å². The molecule has 0 aliphatic rings. The smallest absolute Gasteiger partial charge is 0.0694 e. The average Bonchev–Trinajstić information content (AvgIpc) is 2.62. The predicted molar refractivity (Wildman–Crippen MR) is 117 cm³/mol. The van der Waals surface area contributed by atoms with Gasteiger partial charge in [0.25, 0.3) is 0 Å². The van der Waals surface area contributed by atoms with Crippen LogP contribution in [0.4, 0.5) is 0 Å². The maximum absolute atomic E-state index is 9.18. The van der Waals surface area contributed by atoms with E-state index < -0.39 is 0 Å². The van der Waals surface area contributed by atoms with Crippen molar-refractivity contribution < 1.29 is 0 Å². The molecule has 0 saturated heterocycles. The van der Waals surface area contributed by atoms with Gasteiger partial charge in [-0.15, -0.1) is 0 Å². The van der Waals surface area contributed by atoms with Crippen molar-refractivity contribution >= 4 is 0 Å². The lowest BCUT2D eigenvalue weighted by atomic mass is 9.78. The third kappa shape index (κ3) is 12.7. The van der Waals surface area contributed by atoms with Gasteiger partial charge < -0.3 is 0 Å². The molecular formula is C25H44N2. The van der Waals surface area contributed by atoms with E-state index in [4.69, 9.17) is 0 Å². The Labute approximate surface area is 170 Å². The van der Waals surface area contributed by atoms with E-state index in [-0.39, 0.29) is 5.92 Å². The van der Waals surface area contributed by atoms with E-state index in [1.807, 2.05) is 6.92 Å². The van der Waals surface area contributed by atoms with E-state index in [1.165, 1.54) is 56.9 Å². The van der Waals surface area contributed by atoms with E-state index in [1.54, 1.807) is 0 Å². The van der Waals surface area contributed by atoms with Crippen LogP contribution in [0, 0.1) is 46.3 Å². The van der Waals surface area contributed by atoms with Crippen molar-refractivity contribution in [2.75, 3.05) is 0 Å². The fourth-order valence-corrected chi connectivity index (χ4v) is 4.57. The zero-order chi connectivity index (χ0) is 20.5. The van der Waals surface area contributed by atoms with Crippen molar-refractivity contribution in [2.24, 2.45) is 23.7 Å². The first-order chi connectivity index (χ1) is 13.0. The van der Waals surface area contributed by atoms with Crippen molar-refractivity contribution in [3.63, 3.8) is 0 Å². The number of nitriles is 2. The molecule has 0 aromatic heterocycles. The van der Waals surface area contributed by atoms with Gasteiger partial charge in [0.2, 0.25) is 0 Å². The van der Waals surface area contributed by atoms with E-state index >= 15 is 0 Å². The topological polar surface area (TPSA) is 47.6 Å². The van der Waals surface area contributed by atoms with Gasteiger partial charge in [0.05, 0.1) is 18.1 Å². The Hall–Kier alpha value is -1.28. The predicted octanol–water partition coefficient (Wildman–Crippen LogP) is 8.21. The fraction of sp³-hybridized carbons (Fsp3) is 0.840. The third-order valence-electron chi connectivity index (χ3n) is 5.62. The lowest BCUT2D eigenvalue weighted by Crippen LogP contribution is -2.15. The van der Waals surface area contributed by atoms with Gasteiger partial charge in [-0.1, -0.05) is 77.9 Å². The zero-order valence-electron chi connectivity index (χ0n) is 18.8. The molecule has 0 saturated carbocycles. The molecule has 0 bridgehead atoms. The Balaban J connectivity index is 5.13. The number of nitrogens with zero attached hydrogens (tertiary/aromatic N) is 2. The van der Waals surface area contributed by atoms with Crippen molar-refractivity contribution in [1.29, 1.82) is 10.5 Å². The summed E-state index contributed by atoms with van der Waals surface area (Å²) in [5.74, 6) is 2.06. The fourth-order valence-electron chi connectivity index (χ4n) is 4.57. The summed E-state index contributed by atoms with van der Waals surface area (Å²) in [6, 6.07) is 4.78. The van der Waals surface area contributed by atoms with Gasteiger partial charge in [-0.25, -0.2) is 0 Å². The highest BCUT2D eigenvalue weighted by Crippen LogP contribution is 2.33. The molecule has 0 heterocycles. The summed E-state index contributed by atoms with van der Waals surface area (Å²) >= 11 is 0. The molecule has 2 nitrogen and oxygen atoms in total. The van der Waals surface area contributed by atoms with Crippen molar-refractivity contribution in [1.82, 2.24) is 0 Å². The summed E-state index contributed by atoms with van der Waals surface area (Å²) in [6.45, 7) is 11.0. The SMILES string of the molecule is CCC/C(=C\C(C)C#N)CC(CCC)CC(CCC)CC(CC#N)CCC.